The quantitative estimate of drug-likeness (QED) is 0.574. The van der Waals surface area contributed by atoms with Crippen LogP contribution in [0, 0.1) is 11.8 Å². The first-order chi connectivity index (χ1) is 5.86. The molecule has 0 aromatic carbocycles. The fourth-order valence-electron chi connectivity index (χ4n) is 0.999. The molecule has 5 nitrogen and oxygen atoms in total. The largest absolute Gasteiger partial charge is 0.481 e. The molecule has 0 bridgehead atoms. The molecule has 5 heteroatoms. The second-order valence-corrected chi connectivity index (χ2v) is 3.28. The smallest absolute Gasteiger partial charge is 0.332 e. The van der Waals surface area contributed by atoms with Gasteiger partial charge in [0.2, 0.25) is 0 Å². The van der Waals surface area contributed by atoms with Gasteiger partial charge in [-0.1, -0.05) is 13.8 Å². The first-order valence-electron chi connectivity index (χ1n) is 4.00. The standard InChI is InChI=1S/C8H14O5/c1-4(2)5(7(10)11)3-6(9)8(12)13/h4-6,9H,3H2,1-2H3,(H,10,11)(H,12,13). The summed E-state index contributed by atoms with van der Waals surface area (Å²) in [5.41, 5.74) is 0. The van der Waals surface area contributed by atoms with E-state index in [4.69, 9.17) is 15.3 Å². The number of carboxylic acid groups (broad SMARTS) is 2. The molecule has 0 spiro atoms. The highest BCUT2D eigenvalue weighted by atomic mass is 16.4. The highest BCUT2D eigenvalue weighted by Gasteiger charge is 2.27. The zero-order chi connectivity index (χ0) is 10.6. The van der Waals surface area contributed by atoms with E-state index in [9.17, 15) is 9.59 Å². The van der Waals surface area contributed by atoms with Gasteiger partial charge >= 0.3 is 11.9 Å². The summed E-state index contributed by atoms with van der Waals surface area (Å²) in [6.07, 6.45) is -1.84. The number of carbonyl (C=O) groups is 2. The summed E-state index contributed by atoms with van der Waals surface area (Å²) in [6.45, 7) is 3.35. The minimum absolute atomic E-state index is 0.188. The van der Waals surface area contributed by atoms with E-state index in [-0.39, 0.29) is 12.3 Å². The Kier molecular flexibility index (Phi) is 4.40. The van der Waals surface area contributed by atoms with Gasteiger partial charge in [0.15, 0.2) is 6.10 Å². The van der Waals surface area contributed by atoms with Crippen LogP contribution >= 0.6 is 0 Å². The highest BCUT2D eigenvalue weighted by molar-refractivity contribution is 5.75. The van der Waals surface area contributed by atoms with Crippen molar-refractivity contribution in [3.63, 3.8) is 0 Å². The number of hydrogen-bond donors (Lipinski definition) is 3. The summed E-state index contributed by atoms with van der Waals surface area (Å²) >= 11 is 0. The predicted octanol–water partition coefficient (Wildman–Crippen LogP) is 0.179. The lowest BCUT2D eigenvalue weighted by atomic mass is 9.90. The maximum Gasteiger partial charge on any atom is 0.332 e. The molecule has 2 unspecified atom stereocenters. The van der Waals surface area contributed by atoms with Crippen LogP contribution in [0.1, 0.15) is 20.3 Å². The van der Waals surface area contributed by atoms with Gasteiger partial charge in [-0.05, 0) is 12.3 Å². The van der Waals surface area contributed by atoms with Crippen LogP contribution in [0.2, 0.25) is 0 Å². The first kappa shape index (κ1) is 11.9. The van der Waals surface area contributed by atoms with Crippen LogP contribution in [-0.2, 0) is 9.59 Å². The van der Waals surface area contributed by atoms with Gasteiger partial charge in [0, 0.05) is 0 Å². The molecule has 0 aromatic rings. The van der Waals surface area contributed by atoms with Crippen molar-refractivity contribution in [3.8, 4) is 0 Å². The van der Waals surface area contributed by atoms with Gasteiger partial charge in [0.25, 0.3) is 0 Å². The number of aliphatic hydroxyl groups is 1. The van der Waals surface area contributed by atoms with Gasteiger partial charge in [0.05, 0.1) is 5.92 Å². The van der Waals surface area contributed by atoms with Crippen LogP contribution in [-0.4, -0.2) is 33.4 Å². The molecule has 2 atom stereocenters. The van der Waals surface area contributed by atoms with E-state index in [1.807, 2.05) is 0 Å². The van der Waals surface area contributed by atoms with E-state index >= 15 is 0 Å². The van der Waals surface area contributed by atoms with Gasteiger partial charge in [-0.2, -0.15) is 0 Å². The summed E-state index contributed by atoms with van der Waals surface area (Å²) in [4.78, 5) is 20.8. The van der Waals surface area contributed by atoms with Gasteiger partial charge in [0.1, 0.15) is 0 Å². The van der Waals surface area contributed by atoms with Gasteiger partial charge in [-0.3, -0.25) is 4.79 Å². The Bertz CT molecular complexity index is 199. The Morgan fingerprint density at radius 2 is 1.62 bits per heavy atom. The molecule has 0 saturated heterocycles. The average Bonchev–Trinajstić information content (AvgIpc) is 1.97. The van der Waals surface area contributed by atoms with Crippen LogP contribution < -0.4 is 0 Å². The van der Waals surface area contributed by atoms with Crippen molar-refractivity contribution in [1.82, 2.24) is 0 Å². The molecule has 0 aliphatic heterocycles. The van der Waals surface area contributed by atoms with Crippen molar-refractivity contribution in [3.05, 3.63) is 0 Å². The minimum atomic E-state index is -1.59. The third-order valence-electron chi connectivity index (χ3n) is 1.88. The van der Waals surface area contributed by atoms with E-state index in [2.05, 4.69) is 0 Å². The summed E-state index contributed by atoms with van der Waals surface area (Å²) in [6, 6.07) is 0. The number of hydrogen-bond acceptors (Lipinski definition) is 3. The molecule has 0 amide bonds. The van der Waals surface area contributed by atoms with Crippen molar-refractivity contribution in [2.75, 3.05) is 0 Å². The molecule has 0 saturated carbocycles. The molecule has 0 aliphatic carbocycles. The van der Waals surface area contributed by atoms with Crippen LogP contribution in [0.15, 0.2) is 0 Å². The van der Waals surface area contributed by atoms with Crippen LogP contribution in [0.4, 0.5) is 0 Å². The number of aliphatic hydroxyl groups excluding tert-OH is 1. The molecule has 0 aromatic heterocycles. The maximum absolute atomic E-state index is 10.6. The number of carboxylic acids is 2. The normalized spacial score (nSPS) is 15.4. The lowest BCUT2D eigenvalue weighted by Gasteiger charge is -2.17. The molecule has 0 heterocycles. The second-order valence-electron chi connectivity index (χ2n) is 3.28. The van der Waals surface area contributed by atoms with E-state index < -0.39 is 24.0 Å². The Morgan fingerprint density at radius 3 is 1.85 bits per heavy atom. The molecule has 13 heavy (non-hydrogen) atoms. The van der Waals surface area contributed by atoms with Crippen molar-refractivity contribution >= 4 is 11.9 Å². The number of rotatable bonds is 5. The summed E-state index contributed by atoms with van der Waals surface area (Å²) in [5.74, 6) is -3.46. The van der Waals surface area contributed by atoms with Gasteiger partial charge in [-0.15, -0.1) is 0 Å². The fourth-order valence-corrected chi connectivity index (χ4v) is 0.999. The third kappa shape index (κ3) is 3.89. The predicted molar refractivity (Wildman–Crippen MR) is 44.2 cm³/mol. The Balaban J connectivity index is 4.27. The van der Waals surface area contributed by atoms with Crippen molar-refractivity contribution in [2.45, 2.75) is 26.4 Å². The highest BCUT2D eigenvalue weighted by Crippen LogP contribution is 2.17. The topological polar surface area (TPSA) is 94.8 Å². The average molecular weight is 190 g/mol. The molecule has 0 radical (unpaired) electrons. The van der Waals surface area contributed by atoms with Crippen LogP contribution in [0.3, 0.4) is 0 Å². The SMILES string of the molecule is CC(C)C(CC(O)C(=O)O)C(=O)O. The monoisotopic (exact) mass is 190 g/mol. The Labute approximate surface area is 76.0 Å². The molecular formula is C8H14O5. The Morgan fingerprint density at radius 1 is 1.15 bits per heavy atom. The van der Waals surface area contributed by atoms with E-state index in [0.29, 0.717) is 0 Å². The van der Waals surface area contributed by atoms with Gasteiger partial charge < -0.3 is 15.3 Å². The maximum atomic E-state index is 10.6. The molecular weight excluding hydrogens is 176 g/mol. The van der Waals surface area contributed by atoms with Gasteiger partial charge in [-0.25, -0.2) is 4.79 Å². The third-order valence-corrected chi connectivity index (χ3v) is 1.88. The van der Waals surface area contributed by atoms with E-state index in [0.717, 1.165) is 0 Å². The number of aliphatic carboxylic acids is 2. The molecule has 0 aliphatic rings. The lowest BCUT2D eigenvalue weighted by Crippen LogP contribution is -2.29. The second kappa shape index (κ2) is 4.81. The van der Waals surface area contributed by atoms with E-state index in [1.54, 1.807) is 13.8 Å². The molecule has 0 rings (SSSR count). The zero-order valence-electron chi connectivity index (χ0n) is 7.60. The van der Waals surface area contributed by atoms with Crippen LogP contribution in [0.25, 0.3) is 0 Å². The van der Waals surface area contributed by atoms with Crippen LogP contribution in [0.5, 0.6) is 0 Å². The summed E-state index contributed by atoms with van der Waals surface area (Å²) < 4.78 is 0. The summed E-state index contributed by atoms with van der Waals surface area (Å²) in [5, 5.41) is 26.0. The first-order valence-corrected chi connectivity index (χ1v) is 4.00. The zero-order valence-corrected chi connectivity index (χ0v) is 7.60. The lowest BCUT2D eigenvalue weighted by molar-refractivity contribution is -0.151. The summed E-state index contributed by atoms with van der Waals surface area (Å²) in [7, 11) is 0. The fraction of sp³-hybridized carbons (Fsp3) is 0.750. The Hall–Kier alpha value is -1.10. The van der Waals surface area contributed by atoms with E-state index in [1.165, 1.54) is 0 Å². The minimum Gasteiger partial charge on any atom is -0.481 e. The molecule has 0 fully saturated rings. The van der Waals surface area contributed by atoms with Crippen molar-refractivity contribution < 1.29 is 24.9 Å². The van der Waals surface area contributed by atoms with Crippen molar-refractivity contribution in [1.29, 1.82) is 0 Å². The molecule has 3 N–H and O–H groups in total. The van der Waals surface area contributed by atoms with Crippen molar-refractivity contribution in [2.24, 2.45) is 11.8 Å². The molecule has 76 valence electrons.